The molecule has 0 bridgehead atoms. The smallest absolute Gasteiger partial charge is 0.340 e. The molecule has 0 aliphatic carbocycles. The van der Waals surface area contributed by atoms with Crippen LogP contribution in [0.3, 0.4) is 0 Å². The number of hydrogen-bond donors (Lipinski definition) is 1. The summed E-state index contributed by atoms with van der Waals surface area (Å²) in [5, 5.41) is 2.71. The first-order valence-corrected chi connectivity index (χ1v) is 5.80. The summed E-state index contributed by atoms with van der Waals surface area (Å²) in [4.78, 5) is 11.1. The molecule has 1 N–H and O–H groups in total. The molecule has 0 amide bonds. The molecular formula is C10H14F4N4O2. The number of hydrogen-bond acceptors (Lipinski definition) is 6. The van der Waals surface area contributed by atoms with Crippen molar-refractivity contribution < 1.29 is 27.0 Å². The fourth-order valence-electron chi connectivity index (χ4n) is 1.06. The predicted molar refractivity (Wildman–Crippen MR) is 61.6 cm³/mol. The van der Waals surface area contributed by atoms with Crippen LogP contribution in [0.2, 0.25) is 0 Å². The van der Waals surface area contributed by atoms with Crippen molar-refractivity contribution in [1.82, 2.24) is 15.0 Å². The average molecular weight is 298 g/mol. The lowest BCUT2D eigenvalue weighted by atomic mass is 10.4. The monoisotopic (exact) mass is 298 g/mol. The highest BCUT2D eigenvalue weighted by molar-refractivity contribution is 5.27. The zero-order valence-corrected chi connectivity index (χ0v) is 10.9. The largest absolute Gasteiger partial charge is 0.464 e. The van der Waals surface area contributed by atoms with Gasteiger partial charge in [0.2, 0.25) is 5.95 Å². The van der Waals surface area contributed by atoms with E-state index in [1.54, 1.807) is 13.8 Å². The van der Waals surface area contributed by atoms with E-state index in [9.17, 15) is 17.6 Å². The lowest BCUT2D eigenvalue weighted by Crippen LogP contribution is -2.34. The molecule has 20 heavy (non-hydrogen) atoms. The molecule has 0 fully saturated rings. The minimum atomic E-state index is -4.28. The normalized spacial score (nSPS) is 11.6. The zero-order chi connectivity index (χ0) is 15.2. The van der Waals surface area contributed by atoms with E-state index in [-0.39, 0.29) is 18.6 Å². The van der Waals surface area contributed by atoms with Gasteiger partial charge in [-0.25, -0.2) is 8.78 Å². The molecule has 0 saturated heterocycles. The Kier molecular flexibility index (Phi) is 5.71. The van der Waals surface area contributed by atoms with Gasteiger partial charge >= 0.3 is 24.4 Å². The van der Waals surface area contributed by atoms with Gasteiger partial charge in [0.15, 0.2) is 6.61 Å². The molecule has 10 heteroatoms. The Morgan fingerprint density at radius 3 is 2.20 bits per heavy atom. The van der Waals surface area contributed by atoms with Crippen LogP contribution in [0.25, 0.3) is 0 Å². The number of nitrogens with zero attached hydrogens (tertiary/aromatic N) is 3. The molecule has 0 aliphatic rings. The summed E-state index contributed by atoms with van der Waals surface area (Å²) in [5.74, 6) is -4.24. The number of rotatable bonds is 8. The van der Waals surface area contributed by atoms with Gasteiger partial charge < -0.3 is 14.8 Å². The third-order valence-electron chi connectivity index (χ3n) is 1.92. The van der Waals surface area contributed by atoms with Crippen LogP contribution in [-0.4, -0.2) is 47.1 Å². The lowest BCUT2D eigenvalue weighted by Gasteiger charge is -2.15. The maximum atomic E-state index is 12.7. The van der Waals surface area contributed by atoms with Crippen LogP contribution < -0.4 is 14.8 Å². The molecule has 114 valence electrons. The van der Waals surface area contributed by atoms with Crippen molar-refractivity contribution in [1.29, 1.82) is 0 Å². The van der Waals surface area contributed by atoms with E-state index < -0.39 is 25.0 Å². The standard InChI is InChI=1S/C10H14F4N4O2/c1-3-15-7-16-8(19-4-2)18-9(17-7)20-5-10(13,14)6(11)12/h6H,3-5H2,1-2H3,(H,15,16,17,18). The van der Waals surface area contributed by atoms with Crippen molar-refractivity contribution in [3.63, 3.8) is 0 Å². The first-order chi connectivity index (χ1) is 9.39. The van der Waals surface area contributed by atoms with Crippen LogP contribution in [0.15, 0.2) is 0 Å². The van der Waals surface area contributed by atoms with Gasteiger partial charge in [0.25, 0.3) is 0 Å². The Morgan fingerprint density at radius 2 is 1.70 bits per heavy atom. The van der Waals surface area contributed by atoms with Crippen molar-refractivity contribution in [2.75, 3.05) is 25.1 Å². The van der Waals surface area contributed by atoms with Crippen molar-refractivity contribution in [3.05, 3.63) is 0 Å². The van der Waals surface area contributed by atoms with Gasteiger partial charge in [-0.15, -0.1) is 4.98 Å². The summed E-state index contributed by atoms with van der Waals surface area (Å²) in [6.45, 7) is 2.59. The second kappa shape index (κ2) is 7.06. The number of halogens is 4. The predicted octanol–water partition coefficient (Wildman–Crippen LogP) is 1.98. The highest BCUT2D eigenvalue weighted by Crippen LogP contribution is 2.24. The number of alkyl halides is 4. The Balaban J connectivity index is 2.82. The molecule has 1 heterocycles. The number of ether oxygens (including phenoxy) is 2. The summed E-state index contributed by atoms with van der Waals surface area (Å²) in [6, 6.07) is -0.659. The SMILES string of the molecule is CCNc1nc(OCC)nc(OCC(F)(F)C(F)F)n1. The number of aromatic nitrogens is 3. The van der Waals surface area contributed by atoms with E-state index in [1.165, 1.54) is 0 Å². The van der Waals surface area contributed by atoms with Gasteiger partial charge in [-0.3, -0.25) is 0 Å². The molecule has 0 atom stereocenters. The Morgan fingerprint density at radius 1 is 1.10 bits per heavy atom. The summed E-state index contributed by atoms with van der Waals surface area (Å²) in [6.07, 6.45) is -3.83. The van der Waals surface area contributed by atoms with Crippen molar-refractivity contribution in [3.8, 4) is 12.0 Å². The second-order valence-corrected chi connectivity index (χ2v) is 3.54. The molecule has 0 radical (unpaired) electrons. The van der Waals surface area contributed by atoms with E-state index in [1.807, 2.05) is 0 Å². The molecule has 0 aliphatic heterocycles. The molecule has 1 aromatic heterocycles. The fourth-order valence-corrected chi connectivity index (χ4v) is 1.06. The van der Waals surface area contributed by atoms with Gasteiger partial charge in [0, 0.05) is 6.54 Å². The van der Waals surface area contributed by atoms with Gasteiger partial charge in [-0.05, 0) is 13.8 Å². The summed E-state index contributed by atoms with van der Waals surface area (Å²) in [5.41, 5.74) is 0. The Bertz CT molecular complexity index is 409. The van der Waals surface area contributed by atoms with E-state index in [4.69, 9.17) is 4.74 Å². The topological polar surface area (TPSA) is 69.2 Å². The van der Waals surface area contributed by atoms with E-state index in [0.29, 0.717) is 6.54 Å². The summed E-state index contributed by atoms with van der Waals surface area (Å²) < 4.78 is 59.0. The third kappa shape index (κ3) is 4.67. The first-order valence-electron chi connectivity index (χ1n) is 5.80. The van der Waals surface area contributed by atoms with Crippen LogP contribution in [0, 0.1) is 0 Å². The van der Waals surface area contributed by atoms with Gasteiger partial charge in [-0.2, -0.15) is 18.7 Å². The average Bonchev–Trinajstić information content (AvgIpc) is 2.37. The van der Waals surface area contributed by atoms with Crippen LogP contribution in [0.1, 0.15) is 13.8 Å². The van der Waals surface area contributed by atoms with E-state index >= 15 is 0 Å². The van der Waals surface area contributed by atoms with Gasteiger partial charge in [0.1, 0.15) is 0 Å². The summed E-state index contributed by atoms with van der Waals surface area (Å²) >= 11 is 0. The molecule has 0 saturated carbocycles. The highest BCUT2D eigenvalue weighted by atomic mass is 19.3. The summed E-state index contributed by atoms with van der Waals surface area (Å²) in [7, 11) is 0. The van der Waals surface area contributed by atoms with Gasteiger partial charge in [-0.1, -0.05) is 0 Å². The van der Waals surface area contributed by atoms with Crippen LogP contribution in [0.5, 0.6) is 12.0 Å². The lowest BCUT2D eigenvalue weighted by molar-refractivity contribution is -0.149. The molecular weight excluding hydrogens is 284 g/mol. The molecule has 0 aromatic carbocycles. The number of nitrogens with one attached hydrogen (secondary N) is 1. The van der Waals surface area contributed by atoms with E-state index in [2.05, 4.69) is 25.0 Å². The molecule has 0 spiro atoms. The third-order valence-corrected chi connectivity index (χ3v) is 1.92. The fraction of sp³-hybridized carbons (Fsp3) is 0.700. The van der Waals surface area contributed by atoms with Crippen molar-refractivity contribution >= 4 is 5.95 Å². The zero-order valence-electron chi connectivity index (χ0n) is 10.9. The first kappa shape index (κ1) is 16.2. The Labute approximate surface area is 112 Å². The van der Waals surface area contributed by atoms with E-state index in [0.717, 1.165) is 0 Å². The quantitative estimate of drug-likeness (QED) is 0.740. The second-order valence-electron chi connectivity index (χ2n) is 3.54. The highest BCUT2D eigenvalue weighted by Gasteiger charge is 2.42. The minimum Gasteiger partial charge on any atom is -0.464 e. The molecule has 1 aromatic rings. The van der Waals surface area contributed by atoms with Crippen LogP contribution in [0.4, 0.5) is 23.5 Å². The molecule has 0 unspecified atom stereocenters. The molecule has 6 nitrogen and oxygen atoms in total. The molecule has 1 rings (SSSR count). The maximum absolute atomic E-state index is 12.7. The van der Waals surface area contributed by atoms with Gasteiger partial charge in [0.05, 0.1) is 6.61 Å². The minimum absolute atomic E-state index is 0.0429. The Hall–Kier alpha value is -1.87. The number of anilines is 1. The van der Waals surface area contributed by atoms with Crippen LogP contribution in [-0.2, 0) is 0 Å². The van der Waals surface area contributed by atoms with Crippen LogP contribution >= 0.6 is 0 Å². The van der Waals surface area contributed by atoms with Crippen molar-refractivity contribution in [2.45, 2.75) is 26.2 Å². The maximum Gasteiger partial charge on any atom is 0.340 e. The van der Waals surface area contributed by atoms with Crippen molar-refractivity contribution in [2.24, 2.45) is 0 Å².